The third kappa shape index (κ3) is 3.39. The van der Waals surface area contributed by atoms with Crippen molar-refractivity contribution in [2.24, 2.45) is 0 Å². The second-order valence-corrected chi connectivity index (χ2v) is 4.16. The number of benzene rings is 1. The second-order valence-electron chi connectivity index (χ2n) is 4.16. The van der Waals surface area contributed by atoms with Gasteiger partial charge in [-0.15, -0.1) is 0 Å². The van der Waals surface area contributed by atoms with Gasteiger partial charge in [0.2, 0.25) is 0 Å². The van der Waals surface area contributed by atoms with Gasteiger partial charge >= 0.3 is 5.97 Å². The molecule has 2 aromatic rings. The number of rotatable bonds is 4. The van der Waals surface area contributed by atoms with Crippen LogP contribution < -0.4 is 0 Å². The molecule has 0 amide bonds. The van der Waals surface area contributed by atoms with Crippen LogP contribution in [0, 0.1) is 5.82 Å². The van der Waals surface area contributed by atoms with Gasteiger partial charge in [-0.05, 0) is 31.2 Å². The summed E-state index contributed by atoms with van der Waals surface area (Å²) >= 11 is 0. The molecule has 0 bridgehead atoms. The molecular formula is C15H12F3NO2. The summed E-state index contributed by atoms with van der Waals surface area (Å²) < 4.78 is 44.0. The molecule has 1 heterocycles. The first kappa shape index (κ1) is 15.0. The van der Waals surface area contributed by atoms with Crippen LogP contribution in [0.1, 0.15) is 29.4 Å². The fourth-order valence-corrected chi connectivity index (χ4v) is 1.83. The first-order chi connectivity index (χ1) is 10.0. The number of halogens is 3. The van der Waals surface area contributed by atoms with E-state index in [0.29, 0.717) is 5.56 Å². The minimum Gasteiger partial charge on any atom is -0.462 e. The van der Waals surface area contributed by atoms with E-state index in [4.69, 9.17) is 4.74 Å². The number of hydrogen-bond acceptors (Lipinski definition) is 3. The molecule has 2 rings (SSSR count). The molecule has 0 atom stereocenters. The minimum absolute atomic E-state index is 0.0765. The lowest BCUT2D eigenvalue weighted by Gasteiger charge is -2.10. The van der Waals surface area contributed by atoms with Gasteiger partial charge in [-0.3, -0.25) is 0 Å². The molecular weight excluding hydrogens is 283 g/mol. The van der Waals surface area contributed by atoms with Crippen molar-refractivity contribution in [3.8, 4) is 11.3 Å². The van der Waals surface area contributed by atoms with E-state index >= 15 is 0 Å². The summed E-state index contributed by atoms with van der Waals surface area (Å²) in [4.78, 5) is 15.4. The van der Waals surface area contributed by atoms with Crippen LogP contribution in [0.2, 0.25) is 0 Å². The topological polar surface area (TPSA) is 39.2 Å². The lowest BCUT2D eigenvalue weighted by atomic mass is 10.1. The molecule has 110 valence electrons. The molecule has 3 nitrogen and oxygen atoms in total. The number of carbonyl (C=O) groups is 1. The number of alkyl halides is 2. The van der Waals surface area contributed by atoms with Crippen LogP contribution in [-0.4, -0.2) is 17.6 Å². The van der Waals surface area contributed by atoms with Crippen LogP contribution in [0.5, 0.6) is 0 Å². The van der Waals surface area contributed by atoms with Crippen molar-refractivity contribution in [1.82, 2.24) is 4.98 Å². The maximum Gasteiger partial charge on any atom is 0.340 e. The first-order valence-corrected chi connectivity index (χ1v) is 6.25. The first-order valence-electron chi connectivity index (χ1n) is 6.25. The second kappa shape index (κ2) is 6.39. The zero-order chi connectivity index (χ0) is 15.4. The van der Waals surface area contributed by atoms with Crippen LogP contribution in [0.25, 0.3) is 11.3 Å². The summed E-state index contributed by atoms with van der Waals surface area (Å²) in [5.41, 5.74) is -0.438. The van der Waals surface area contributed by atoms with Crippen molar-refractivity contribution >= 4 is 5.97 Å². The van der Waals surface area contributed by atoms with Crippen molar-refractivity contribution in [3.05, 3.63) is 53.5 Å². The third-order valence-corrected chi connectivity index (χ3v) is 2.75. The van der Waals surface area contributed by atoms with Crippen LogP contribution >= 0.6 is 0 Å². The Hall–Kier alpha value is -2.37. The summed E-state index contributed by atoms with van der Waals surface area (Å²) in [6.45, 7) is 1.65. The quantitative estimate of drug-likeness (QED) is 0.800. The zero-order valence-corrected chi connectivity index (χ0v) is 11.1. The van der Waals surface area contributed by atoms with E-state index in [2.05, 4.69) is 4.98 Å². The van der Waals surface area contributed by atoms with Crippen LogP contribution in [0.15, 0.2) is 36.4 Å². The van der Waals surface area contributed by atoms with Gasteiger partial charge in [0.1, 0.15) is 11.5 Å². The van der Waals surface area contributed by atoms with Crippen LogP contribution in [-0.2, 0) is 4.74 Å². The Bertz CT molecular complexity index is 659. The van der Waals surface area contributed by atoms with Gasteiger partial charge in [0.25, 0.3) is 6.43 Å². The fraction of sp³-hybridized carbons (Fsp3) is 0.200. The molecule has 0 fully saturated rings. The average molecular weight is 295 g/mol. The van der Waals surface area contributed by atoms with E-state index in [1.54, 1.807) is 13.0 Å². The van der Waals surface area contributed by atoms with Gasteiger partial charge in [0.05, 0.1) is 17.9 Å². The van der Waals surface area contributed by atoms with Gasteiger partial charge < -0.3 is 4.74 Å². The van der Waals surface area contributed by atoms with Crippen molar-refractivity contribution in [1.29, 1.82) is 0 Å². The fourth-order valence-electron chi connectivity index (χ4n) is 1.83. The predicted molar refractivity (Wildman–Crippen MR) is 70.5 cm³/mol. The smallest absolute Gasteiger partial charge is 0.340 e. The minimum atomic E-state index is -2.93. The van der Waals surface area contributed by atoms with Crippen LogP contribution in [0.4, 0.5) is 13.2 Å². The molecule has 0 spiro atoms. The Kier molecular flexibility index (Phi) is 4.57. The Morgan fingerprint density at radius 3 is 2.67 bits per heavy atom. The van der Waals surface area contributed by atoms with E-state index in [1.807, 2.05) is 0 Å². The summed E-state index contributed by atoms with van der Waals surface area (Å²) in [5, 5.41) is 0. The molecule has 0 radical (unpaired) electrons. The Labute approximate surface area is 119 Å². The Balaban J connectivity index is 2.48. The largest absolute Gasteiger partial charge is 0.462 e. The number of ether oxygens (including phenoxy) is 1. The average Bonchev–Trinajstić information content (AvgIpc) is 2.46. The summed E-state index contributed by atoms with van der Waals surface area (Å²) in [6.07, 6.45) is -2.93. The number of carbonyl (C=O) groups excluding carboxylic acids is 1. The van der Waals surface area contributed by atoms with E-state index in [1.165, 1.54) is 30.3 Å². The van der Waals surface area contributed by atoms with Gasteiger partial charge in [-0.25, -0.2) is 22.9 Å². The zero-order valence-electron chi connectivity index (χ0n) is 11.1. The summed E-state index contributed by atoms with van der Waals surface area (Å²) in [7, 11) is 0. The molecule has 0 aliphatic carbocycles. The molecule has 0 N–H and O–H groups in total. The highest BCUT2D eigenvalue weighted by Crippen LogP contribution is 2.26. The molecule has 1 aromatic carbocycles. The molecule has 21 heavy (non-hydrogen) atoms. The summed E-state index contributed by atoms with van der Waals surface area (Å²) in [5.74, 6) is -1.35. The number of aromatic nitrogens is 1. The SMILES string of the molecule is CCOC(=O)c1ccc(-c2cccc(F)c2)nc1C(F)F. The number of nitrogens with zero attached hydrogens (tertiary/aromatic N) is 1. The highest BCUT2D eigenvalue weighted by atomic mass is 19.3. The van der Waals surface area contributed by atoms with E-state index in [-0.39, 0.29) is 17.9 Å². The van der Waals surface area contributed by atoms with Crippen LogP contribution in [0.3, 0.4) is 0 Å². The lowest BCUT2D eigenvalue weighted by Crippen LogP contribution is -2.10. The van der Waals surface area contributed by atoms with E-state index < -0.39 is 23.9 Å². The molecule has 0 unspecified atom stereocenters. The van der Waals surface area contributed by atoms with Crippen molar-refractivity contribution in [2.75, 3.05) is 6.61 Å². The van der Waals surface area contributed by atoms with E-state index in [0.717, 1.165) is 0 Å². The van der Waals surface area contributed by atoms with Gasteiger partial charge in [-0.1, -0.05) is 12.1 Å². The molecule has 0 aliphatic heterocycles. The highest BCUT2D eigenvalue weighted by Gasteiger charge is 2.22. The molecule has 6 heteroatoms. The number of pyridine rings is 1. The molecule has 1 aromatic heterocycles. The maximum absolute atomic E-state index is 13.2. The number of esters is 1. The molecule has 0 aliphatic rings. The van der Waals surface area contributed by atoms with Crippen molar-refractivity contribution < 1.29 is 22.7 Å². The highest BCUT2D eigenvalue weighted by molar-refractivity contribution is 5.91. The third-order valence-electron chi connectivity index (χ3n) is 2.75. The normalized spacial score (nSPS) is 10.7. The van der Waals surface area contributed by atoms with Crippen molar-refractivity contribution in [2.45, 2.75) is 13.3 Å². The Morgan fingerprint density at radius 1 is 1.29 bits per heavy atom. The van der Waals surface area contributed by atoms with Crippen molar-refractivity contribution in [3.63, 3.8) is 0 Å². The molecule has 0 saturated heterocycles. The predicted octanol–water partition coefficient (Wildman–Crippen LogP) is 4.00. The Morgan fingerprint density at radius 2 is 2.05 bits per heavy atom. The maximum atomic E-state index is 13.2. The monoisotopic (exact) mass is 295 g/mol. The van der Waals surface area contributed by atoms with Gasteiger partial charge in [-0.2, -0.15) is 0 Å². The standard InChI is InChI=1S/C15H12F3NO2/c1-2-21-15(20)11-6-7-12(19-13(11)14(17)18)9-4-3-5-10(16)8-9/h3-8,14H,2H2,1H3. The molecule has 0 saturated carbocycles. The van der Waals surface area contributed by atoms with E-state index in [9.17, 15) is 18.0 Å². The summed E-state index contributed by atoms with van der Waals surface area (Å²) in [6, 6.07) is 8.02. The van der Waals surface area contributed by atoms with Gasteiger partial charge in [0.15, 0.2) is 0 Å². The number of hydrogen-bond donors (Lipinski definition) is 0. The lowest BCUT2D eigenvalue weighted by molar-refractivity contribution is 0.0513. The van der Waals surface area contributed by atoms with Gasteiger partial charge in [0, 0.05) is 5.56 Å².